The maximum atomic E-state index is 12.3. The Morgan fingerprint density at radius 3 is 2.74 bits per heavy atom. The van der Waals surface area contributed by atoms with E-state index in [1.165, 1.54) is 34.4 Å². The predicted molar refractivity (Wildman–Crippen MR) is 114 cm³/mol. The Bertz CT molecular complexity index is 958. The number of hydrogen-bond donors (Lipinski definition) is 2. The number of anilines is 1. The van der Waals surface area contributed by atoms with Gasteiger partial charge < -0.3 is 11.1 Å². The molecule has 3 rings (SSSR count). The van der Waals surface area contributed by atoms with Gasteiger partial charge in [-0.3, -0.25) is 9.59 Å². The van der Waals surface area contributed by atoms with Crippen LogP contribution in [0.4, 0.5) is 5.13 Å². The van der Waals surface area contributed by atoms with Crippen molar-refractivity contribution in [2.45, 2.75) is 22.9 Å². The van der Waals surface area contributed by atoms with E-state index in [0.29, 0.717) is 15.2 Å². The third-order valence-electron chi connectivity index (χ3n) is 3.43. The predicted octanol–water partition coefficient (Wildman–Crippen LogP) is 4.18. The molecular formula is C17H15BrN4O2S3. The fraction of sp³-hybridized carbons (Fsp3) is 0.176. The summed E-state index contributed by atoms with van der Waals surface area (Å²) in [5, 5.41) is 4.79. The van der Waals surface area contributed by atoms with Crippen LogP contribution in [0.5, 0.6) is 0 Å². The largest absolute Gasteiger partial charge is 0.369 e. The number of carbonyl (C=O) groups is 2. The minimum atomic E-state index is -0.391. The second-order valence-electron chi connectivity index (χ2n) is 5.50. The molecule has 0 fully saturated rings. The van der Waals surface area contributed by atoms with Crippen LogP contribution in [0.2, 0.25) is 0 Å². The first kappa shape index (κ1) is 20.0. The Hall–Kier alpha value is -1.75. The minimum Gasteiger partial charge on any atom is -0.369 e. The third-order valence-corrected chi connectivity index (χ3v) is 7.19. The molecule has 0 saturated carbocycles. The molecule has 0 aliphatic carbocycles. The molecule has 0 aliphatic heterocycles. The van der Waals surface area contributed by atoms with Gasteiger partial charge in [0, 0.05) is 10.9 Å². The summed E-state index contributed by atoms with van der Waals surface area (Å²) in [5.74, 6) is -0.585. The van der Waals surface area contributed by atoms with Crippen molar-refractivity contribution in [3.8, 4) is 11.3 Å². The van der Waals surface area contributed by atoms with Crippen molar-refractivity contribution < 1.29 is 9.59 Å². The summed E-state index contributed by atoms with van der Waals surface area (Å²) in [7, 11) is 0. The van der Waals surface area contributed by atoms with E-state index >= 15 is 0 Å². The zero-order valence-electron chi connectivity index (χ0n) is 14.1. The van der Waals surface area contributed by atoms with Crippen LogP contribution in [0.25, 0.3) is 11.3 Å². The highest BCUT2D eigenvalue weighted by atomic mass is 79.9. The van der Waals surface area contributed by atoms with Gasteiger partial charge in [0.15, 0.2) is 9.47 Å². The first-order valence-electron chi connectivity index (χ1n) is 7.84. The molecule has 0 radical (unpaired) electrons. The second kappa shape index (κ2) is 8.96. The molecule has 140 valence electrons. The topological polar surface area (TPSA) is 98.0 Å². The summed E-state index contributed by atoms with van der Waals surface area (Å²) in [6, 6.07) is 9.75. The fourth-order valence-electron chi connectivity index (χ4n) is 2.09. The molecule has 0 spiro atoms. The lowest BCUT2D eigenvalue weighted by molar-refractivity contribution is -0.117. The van der Waals surface area contributed by atoms with Crippen molar-refractivity contribution in [3.63, 3.8) is 0 Å². The number of nitrogens with zero attached hydrogens (tertiary/aromatic N) is 2. The van der Waals surface area contributed by atoms with Crippen LogP contribution in [-0.4, -0.2) is 27.0 Å². The average Bonchev–Trinajstić information content (AvgIpc) is 3.21. The van der Waals surface area contributed by atoms with E-state index in [0.717, 1.165) is 15.0 Å². The number of nitrogens with one attached hydrogen (secondary N) is 1. The number of amides is 2. The number of aromatic nitrogens is 2. The van der Waals surface area contributed by atoms with Gasteiger partial charge in [0.25, 0.3) is 0 Å². The van der Waals surface area contributed by atoms with Crippen molar-refractivity contribution in [1.29, 1.82) is 0 Å². The summed E-state index contributed by atoms with van der Waals surface area (Å²) in [6.07, 6.45) is 0.139. The van der Waals surface area contributed by atoms with Gasteiger partial charge in [0.05, 0.1) is 26.8 Å². The molecule has 0 saturated heterocycles. The average molecular weight is 483 g/mol. The summed E-state index contributed by atoms with van der Waals surface area (Å²) in [5.41, 5.74) is 7.68. The summed E-state index contributed by atoms with van der Waals surface area (Å²) in [4.78, 5) is 32.3. The van der Waals surface area contributed by atoms with Gasteiger partial charge in [-0.2, -0.15) is 0 Å². The van der Waals surface area contributed by atoms with Crippen LogP contribution in [-0.2, 0) is 16.0 Å². The number of halogens is 1. The Kier molecular flexibility index (Phi) is 6.64. The van der Waals surface area contributed by atoms with Crippen LogP contribution in [0.3, 0.4) is 0 Å². The van der Waals surface area contributed by atoms with E-state index < -0.39 is 5.91 Å². The van der Waals surface area contributed by atoms with Gasteiger partial charge in [-0.15, -0.1) is 11.3 Å². The lowest BCUT2D eigenvalue weighted by Crippen LogP contribution is -2.22. The molecule has 1 aromatic carbocycles. The van der Waals surface area contributed by atoms with E-state index in [1.807, 2.05) is 35.7 Å². The SMILES string of the molecule is CC(Sc1nc(CC(=O)Nc2nc(-c3ccccc3)c(Br)s2)cs1)C(N)=O. The molecule has 2 amide bonds. The highest BCUT2D eigenvalue weighted by Gasteiger charge is 2.16. The zero-order chi connectivity index (χ0) is 19.4. The van der Waals surface area contributed by atoms with Crippen LogP contribution >= 0.6 is 50.4 Å². The van der Waals surface area contributed by atoms with Crippen molar-refractivity contribution >= 4 is 67.3 Å². The highest BCUT2D eigenvalue weighted by Crippen LogP contribution is 2.35. The maximum Gasteiger partial charge on any atom is 0.232 e. The molecule has 6 nitrogen and oxygen atoms in total. The van der Waals surface area contributed by atoms with Crippen molar-refractivity contribution in [2.75, 3.05) is 5.32 Å². The van der Waals surface area contributed by atoms with Gasteiger partial charge in [-0.1, -0.05) is 53.4 Å². The molecular weight excluding hydrogens is 468 g/mol. The van der Waals surface area contributed by atoms with Crippen LogP contribution in [0, 0.1) is 0 Å². The smallest absolute Gasteiger partial charge is 0.232 e. The normalized spacial score (nSPS) is 11.9. The molecule has 10 heteroatoms. The number of thioether (sulfide) groups is 1. The second-order valence-corrected chi connectivity index (χ2v) is 10.3. The van der Waals surface area contributed by atoms with Crippen molar-refractivity contribution in [3.05, 3.63) is 45.2 Å². The van der Waals surface area contributed by atoms with Crippen molar-refractivity contribution in [1.82, 2.24) is 9.97 Å². The van der Waals surface area contributed by atoms with E-state index in [4.69, 9.17) is 5.73 Å². The molecule has 0 bridgehead atoms. The molecule has 3 N–H and O–H groups in total. The van der Waals surface area contributed by atoms with Crippen LogP contribution in [0.1, 0.15) is 12.6 Å². The molecule has 3 aromatic rings. The summed E-state index contributed by atoms with van der Waals surface area (Å²) < 4.78 is 1.57. The highest BCUT2D eigenvalue weighted by molar-refractivity contribution is 9.11. The van der Waals surface area contributed by atoms with Gasteiger partial charge in [0.2, 0.25) is 11.8 Å². The molecule has 27 heavy (non-hydrogen) atoms. The zero-order valence-corrected chi connectivity index (χ0v) is 18.2. The maximum absolute atomic E-state index is 12.3. The number of carbonyl (C=O) groups excluding carboxylic acids is 2. The molecule has 1 atom stereocenters. The Morgan fingerprint density at radius 2 is 2.04 bits per heavy atom. The Balaban J connectivity index is 1.62. The quantitative estimate of drug-likeness (QED) is 0.492. The Labute approximate surface area is 176 Å². The van der Waals surface area contributed by atoms with E-state index in [-0.39, 0.29) is 17.6 Å². The standard InChI is InChI=1S/C17H15BrN4O2S3/c1-9(15(19)24)26-17-20-11(8-25-17)7-12(23)21-16-22-13(14(18)27-16)10-5-3-2-4-6-10/h2-6,8-9H,7H2,1H3,(H2,19,24)(H,21,22,23). The van der Waals surface area contributed by atoms with Gasteiger partial charge in [-0.25, -0.2) is 9.97 Å². The first-order valence-corrected chi connectivity index (χ1v) is 11.2. The van der Waals surface area contributed by atoms with Gasteiger partial charge in [0.1, 0.15) is 0 Å². The molecule has 1 unspecified atom stereocenters. The fourth-order valence-corrected chi connectivity index (χ4v) is 5.53. The number of hydrogen-bond acceptors (Lipinski definition) is 7. The number of primary amides is 1. The summed E-state index contributed by atoms with van der Waals surface area (Å²) >= 11 is 7.55. The first-order chi connectivity index (χ1) is 12.9. The van der Waals surface area contributed by atoms with Gasteiger partial charge in [-0.05, 0) is 22.9 Å². The minimum absolute atomic E-state index is 0.139. The van der Waals surface area contributed by atoms with Crippen molar-refractivity contribution in [2.24, 2.45) is 5.73 Å². The monoisotopic (exact) mass is 482 g/mol. The van der Waals surface area contributed by atoms with Crippen LogP contribution < -0.4 is 11.1 Å². The van der Waals surface area contributed by atoms with E-state index in [9.17, 15) is 9.59 Å². The number of rotatable bonds is 7. The number of benzene rings is 1. The molecule has 2 heterocycles. The number of thiazole rings is 2. The summed E-state index contributed by atoms with van der Waals surface area (Å²) in [6.45, 7) is 1.73. The van der Waals surface area contributed by atoms with Gasteiger partial charge >= 0.3 is 0 Å². The molecule has 0 aliphatic rings. The lowest BCUT2D eigenvalue weighted by atomic mass is 10.2. The lowest BCUT2D eigenvalue weighted by Gasteiger charge is -2.02. The Morgan fingerprint density at radius 1 is 1.30 bits per heavy atom. The van der Waals surface area contributed by atoms with E-state index in [1.54, 1.807) is 6.92 Å². The third kappa shape index (κ3) is 5.38. The number of nitrogens with two attached hydrogens (primary N) is 1. The van der Waals surface area contributed by atoms with Crippen LogP contribution in [0.15, 0.2) is 43.8 Å². The molecule has 2 aromatic heterocycles. The van der Waals surface area contributed by atoms with E-state index in [2.05, 4.69) is 31.2 Å².